The minimum absolute atomic E-state index is 0.0233. The lowest BCUT2D eigenvalue weighted by atomic mass is 10.1. The number of esters is 1. The molecule has 0 spiro atoms. The Hall–Kier alpha value is -3.22. The van der Waals surface area contributed by atoms with Gasteiger partial charge in [-0.05, 0) is 42.8 Å². The second-order valence-electron chi connectivity index (χ2n) is 5.92. The Labute approximate surface area is 153 Å². The molecule has 1 heterocycles. The van der Waals surface area contributed by atoms with Crippen LogP contribution in [0.2, 0.25) is 0 Å². The lowest BCUT2D eigenvalue weighted by Gasteiger charge is -2.06. The van der Waals surface area contributed by atoms with E-state index in [-0.39, 0.29) is 17.7 Å². The van der Waals surface area contributed by atoms with Crippen molar-refractivity contribution in [2.75, 3.05) is 6.61 Å². The highest BCUT2D eigenvalue weighted by molar-refractivity contribution is 5.98. The van der Waals surface area contributed by atoms with Gasteiger partial charge in [0.2, 0.25) is 0 Å². The molecule has 3 rings (SSSR count). The van der Waals surface area contributed by atoms with Crippen molar-refractivity contribution >= 4 is 22.7 Å². The first-order chi connectivity index (χ1) is 12.9. The standard InChI is InChI=1S/C20H16F2O5/c1-12-2-7-16-14(10-25-18(16)8-12)9-19(24)26-11-17(23)13-3-5-15(6-4-13)27-20(21)22/h2-8,10,20H,9,11H2,1H3. The topological polar surface area (TPSA) is 65.7 Å². The first-order valence-corrected chi connectivity index (χ1v) is 8.13. The maximum Gasteiger partial charge on any atom is 0.387 e. The fourth-order valence-electron chi connectivity index (χ4n) is 2.59. The molecule has 27 heavy (non-hydrogen) atoms. The number of ether oxygens (including phenoxy) is 2. The van der Waals surface area contributed by atoms with Crippen LogP contribution in [-0.2, 0) is 16.0 Å². The van der Waals surface area contributed by atoms with Crippen molar-refractivity contribution in [2.24, 2.45) is 0 Å². The number of carbonyl (C=O) groups is 2. The van der Waals surface area contributed by atoms with E-state index in [1.54, 1.807) is 0 Å². The number of benzene rings is 2. The summed E-state index contributed by atoms with van der Waals surface area (Å²) in [5.41, 5.74) is 2.63. The minimum atomic E-state index is -2.93. The Balaban J connectivity index is 1.56. The Morgan fingerprint density at radius 2 is 1.85 bits per heavy atom. The van der Waals surface area contributed by atoms with Gasteiger partial charge in [0, 0.05) is 16.5 Å². The Morgan fingerprint density at radius 3 is 2.56 bits per heavy atom. The smallest absolute Gasteiger partial charge is 0.387 e. The number of hydrogen-bond acceptors (Lipinski definition) is 5. The van der Waals surface area contributed by atoms with Crippen LogP contribution < -0.4 is 4.74 Å². The van der Waals surface area contributed by atoms with Gasteiger partial charge in [-0.25, -0.2) is 0 Å². The third-order valence-electron chi connectivity index (χ3n) is 3.91. The molecule has 0 N–H and O–H groups in total. The van der Waals surface area contributed by atoms with Crippen LogP contribution in [0.5, 0.6) is 5.75 Å². The van der Waals surface area contributed by atoms with Crippen molar-refractivity contribution in [1.29, 1.82) is 0 Å². The molecule has 3 aromatic rings. The average Bonchev–Trinajstić information content (AvgIpc) is 3.01. The number of hydrogen-bond donors (Lipinski definition) is 0. The van der Waals surface area contributed by atoms with Crippen molar-refractivity contribution in [3.05, 3.63) is 65.4 Å². The lowest BCUT2D eigenvalue weighted by Crippen LogP contribution is -2.15. The number of alkyl halides is 2. The molecule has 0 unspecified atom stereocenters. The van der Waals surface area contributed by atoms with E-state index < -0.39 is 25.0 Å². The van der Waals surface area contributed by atoms with Crippen molar-refractivity contribution in [1.82, 2.24) is 0 Å². The second kappa shape index (κ2) is 7.99. The average molecular weight is 374 g/mol. The Bertz CT molecular complexity index is 960. The Morgan fingerprint density at radius 1 is 1.11 bits per heavy atom. The summed E-state index contributed by atoms with van der Waals surface area (Å²) in [6, 6.07) is 10.8. The molecule has 5 nitrogen and oxygen atoms in total. The number of halogens is 2. The molecule has 0 bridgehead atoms. The van der Waals surface area contributed by atoms with Crippen LogP contribution >= 0.6 is 0 Å². The molecular weight excluding hydrogens is 358 g/mol. The molecule has 0 saturated carbocycles. The van der Waals surface area contributed by atoms with Gasteiger partial charge in [-0.2, -0.15) is 8.78 Å². The van der Waals surface area contributed by atoms with Crippen LogP contribution in [0.1, 0.15) is 21.5 Å². The summed E-state index contributed by atoms with van der Waals surface area (Å²) in [7, 11) is 0. The molecule has 0 saturated heterocycles. The number of furan rings is 1. The highest BCUT2D eigenvalue weighted by Gasteiger charge is 2.14. The molecule has 0 aliphatic carbocycles. The third-order valence-corrected chi connectivity index (χ3v) is 3.91. The maximum atomic E-state index is 12.1. The van der Waals surface area contributed by atoms with E-state index in [0.29, 0.717) is 11.1 Å². The van der Waals surface area contributed by atoms with Crippen LogP contribution in [0.15, 0.2) is 53.1 Å². The number of fused-ring (bicyclic) bond motifs is 1. The molecule has 1 aromatic heterocycles. The van der Waals surface area contributed by atoms with Gasteiger partial charge in [0.05, 0.1) is 12.7 Å². The molecule has 7 heteroatoms. The fraction of sp³-hybridized carbons (Fsp3) is 0.200. The molecule has 0 aliphatic rings. The largest absolute Gasteiger partial charge is 0.464 e. The zero-order chi connectivity index (χ0) is 19.4. The predicted octanol–water partition coefficient (Wildman–Crippen LogP) is 4.31. The second-order valence-corrected chi connectivity index (χ2v) is 5.92. The normalized spacial score (nSPS) is 11.0. The van der Waals surface area contributed by atoms with Crippen molar-refractivity contribution in [3.63, 3.8) is 0 Å². The number of aryl methyl sites for hydroxylation is 1. The summed E-state index contributed by atoms with van der Waals surface area (Å²) < 4.78 is 38.9. The van der Waals surface area contributed by atoms with Gasteiger partial charge in [-0.1, -0.05) is 12.1 Å². The highest BCUT2D eigenvalue weighted by Crippen LogP contribution is 2.23. The minimum Gasteiger partial charge on any atom is -0.464 e. The first-order valence-electron chi connectivity index (χ1n) is 8.13. The Kier molecular flexibility index (Phi) is 5.49. The summed E-state index contributed by atoms with van der Waals surface area (Å²) in [5.74, 6) is -1.07. The number of carbonyl (C=O) groups excluding carboxylic acids is 2. The monoisotopic (exact) mass is 374 g/mol. The zero-order valence-electron chi connectivity index (χ0n) is 14.4. The SMILES string of the molecule is Cc1ccc2c(CC(=O)OCC(=O)c3ccc(OC(F)F)cc3)coc2c1. The van der Waals surface area contributed by atoms with Crippen molar-refractivity contribution < 1.29 is 32.3 Å². The van der Waals surface area contributed by atoms with Gasteiger partial charge in [-0.15, -0.1) is 0 Å². The molecule has 2 aromatic carbocycles. The number of Topliss-reactive ketones (excluding diaryl/α,β-unsaturated/α-hetero) is 1. The highest BCUT2D eigenvalue weighted by atomic mass is 19.3. The van der Waals surface area contributed by atoms with Crippen molar-refractivity contribution in [3.8, 4) is 5.75 Å². The maximum absolute atomic E-state index is 12.1. The summed E-state index contributed by atoms with van der Waals surface area (Å²) in [4.78, 5) is 24.1. The van der Waals surface area contributed by atoms with Crippen LogP contribution in [0.3, 0.4) is 0 Å². The van der Waals surface area contributed by atoms with Gasteiger partial charge in [0.15, 0.2) is 12.4 Å². The quantitative estimate of drug-likeness (QED) is 0.455. The van der Waals surface area contributed by atoms with E-state index >= 15 is 0 Å². The summed E-state index contributed by atoms with van der Waals surface area (Å²) in [5, 5.41) is 0.818. The van der Waals surface area contributed by atoms with Gasteiger partial charge in [0.25, 0.3) is 0 Å². The van der Waals surface area contributed by atoms with Gasteiger partial charge < -0.3 is 13.9 Å². The van der Waals surface area contributed by atoms with E-state index in [1.807, 2.05) is 25.1 Å². The number of rotatable bonds is 7. The number of ketones is 1. The van der Waals surface area contributed by atoms with E-state index in [4.69, 9.17) is 9.15 Å². The third kappa shape index (κ3) is 4.69. The van der Waals surface area contributed by atoms with Crippen LogP contribution in [0.4, 0.5) is 8.78 Å². The van der Waals surface area contributed by atoms with E-state index in [0.717, 1.165) is 10.9 Å². The summed E-state index contributed by atoms with van der Waals surface area (Å²) in [6.07, 6.45) is 1.47. The molecule has 140 valence electrons. The first kappa shape index (κ1) is 18.6. The van der Waals surface area contributed by atoms with Gasteiger partial charge >= 0.3 is 12.6 Å². The molecule has 0 fully saturated rings. The van der Waals surface area contributed by atoms with Crippen LogP contribution in [-0.4, -0.2) is 25.0 Å². The molecule has 0 amide bonds. The molecule has 0 radical (unpaired) electrons. The van der Waals surface area contributed by atoms with Crippen LogP contribution in [0.25, 0.3) is 11.0 Å². The predicted molar refractivity (Wildman–Crippen MR) is 93.0 cm³/mol. The van der Waals surface area contributed by atoms with Crippen molar-refractivity contribution in [2.45, 2.75) is 20.0 Å². The van der Waals surface area contributed by atoms with Gasteiger partial charge in [-0.3, -0.25) is 9.59 Å². The molecule has 0 aliphatic heterocycles. The van der Waals surface area contributed by atoms with E-state index in [9.17, 15) is 18.4 Å². The van der Waals surface area contributed by atoms with Crippen LogP contribution in [0, 0.1) is 6.92 Å². The molecule has 0 atom stereocenters. The molecular formula is C20H16F2O5. The zero-order valence-corrected chi connectivity index (χ0v) is 14.4. The van der Waals surface area contributed by atoms with E-state index in [2.05, 4.69) is 4.74 Å². The fourth-order valence-corrected chi connectivity index (χ4v) is 2.59. The summed E-state index contributed by atoms with van der Waals surface area (Å²) >= 11 is 0. The lowest BCUT2D eigenvalue weighted by molar-refractivity contribution is -0.141. The van der Waals surface area contributed by atoms with Gasteiger partial charge in [0.1, 0.15) is 11.3 Å². The summed E-state index contributed by atoms with van der Waals surface area (Å²) in [6.45, 7) is -1.44. The van der Waals surface area contributed by atoms with E-state index in [1.165, 1.54) is 30.5 Å².